The third kappa shape index (κ3) is 5.33. The van der Waals surface area contributed by atoms with Crippen LogP contribution in [0.25, 0.3) is 0 Å². The third-order valence-corrected chi connectivity index (χ3v) is 3.62. The van der Waals surface area contributed by atoms with Crippen LogP contribution < -0.4 is 11.1 Å². The molecule has 3 atom stereocenters. The van der Waals surface area contributed by atoms with Crippen molar-refractivity contribution in [3.05, 3.63) is 47.6 Å². The first-order valence-electron chi connectivity index (χ1n) is 7.39. The number of rotatable bonds is 6. The number of nitrogens with one attached hydrogen (secondary N) is 1. The Labute approximate surface area is 142 Å². The lowest BCUT2D eigenvalue weighted by Gasteiger charge is -2.17. The van der Waals surface area contributed by atoms with Gasteiger partial charge in [0.05, 0.1) is 0 Å². The number of halogens is 1. The lowest BCUT2D eigenvalue weighted by Crippen LogP contribution is -2.39. The van der Waals surface area contributed by atoms with Crippen molar-refractivity contribution in [1.82, 2.24) is 15.5 Å². The lowest BCUT2D eigenvalue weighted by atomic mass is 10.0. The standard InChI is InChI=1S/C16H22N4O2.ClH/c1-10(11(2)17)15(21)18-12(3)16-19-14(20-22-16)9-13-7-5-4-6-8-13;/h4-8,10-12H,9,17H2,1-3H3,(H,18,21);1H. The molecule has 3 N–H and O–H groups in total. The van der Waals surface area contributed by atoms with Crippen molar-refractivity contribution in [3.63, 3.8) is 0 Å². The van der Waals surface area contributed by atoms with E-state index in [9.17, 15) is 4.79 Å². The molecule has 2 rings (SSSR count). The Morgan fingerprint density at radius 2 is 1.91 bits per heavy atom. The third-order valence-electron chi connectivity index (χ3n) is 3.62. The number of hydrogen-bond donors (Lipinski definition) is 2. The first-order valence-corrected chi connectivity index (χ1v) is 7.39. The summed E-state index contributed by atoms with van der Waals surface area (Å²) in [4.78, 5) is 16.3. The fourth-order valence-corrected chi connectivity index (χ4v) is 1.94. The monoisotopic (exact) mass is 338 g/mol. The number of amides is 1. The van der Waals surface area contributed by atoms with Gasteiger partial charge in [-0.2, -0.15) is 4.98 Å². The second kappa shape index (κ2) is 8.64. The van der Waals surface area contributed by atoms with Gasteiger partial charge in [-0.3, -0.25) is 4.79 Å². The molecule has 2 aromatic rings. The van der Waals surface area contributed by atoms with Crippen LogP contribution in [0.4, 0.5) is 0 Å². The van der Waals surface area contributed by atoms with Crippen LogP contribution in [0.5, 0.6) is 0 Å². The molecule has 1 aromatic heterocycles. The van der Waals surface area contributed by atoms with Crippen LogP contribution in [0.2, 0.25) is 0 Å². The number of carbonyl (C=O) groups is 1. The van der Waals surface area contributed by atoms with E-state index in [1.54, 1.807) is 13.8 Å². The normalized spacial score (nSPS) is 14.4. The van der Waals surface area contributed by atoms with Gasteiger partial charge in [0.25, 0.3) is 0 Å². The fourth-order valence-electron chi connectivity index (χ4n) is 1.94. The summed E-state index contributed by atoms with van der Waals surface area (Å²) in [5.41, 5.74) is 6.84. The molecule has 0 aliphatic heterocycles. The van der Waals surface area contributed by atoms with Gasteiger partial charge < -0.3 is 15.6 Å². The molecule has 0 saturated heterocycles. The molecule has 7 heteroatoms. The van der Waals surface area contributed by atoms with Crippen LogP contribution in [-0.4, -0.2) is 22.1 Å². The molecule has 126 valence electrons. The summed E-state index contributed by atoms with van der Waals surface area (Å²) in [5, 5.41) is 6.80. The van der Waals surface area contributed by atoms with Crippen molar-refractivity contribution in [1.29, 1.82) is 0 Å². The van der Waals surface area contributed by atoms with Crippen LogP contribution >= 0.6 is 12.4 Å². The van der Waals surface area contributed by atoms with E-state index in [4.69, 9.17) is 10.3 Å². The van der Waals surface area contributed by atoms with E-state index < -0.39 is 0 Å². The Balaban J connectivity index is 0.00000264. The Bertz CT molecular complexity index is 616. The SMILES string of the molecule is CC(NC(=O)C(C)C(C)N)c1nc(Cc2ccccc2)no1.Cl. The predicted molar refractivity (Wildman–Crippen MR) is 90.2 cm³/mol. The molecule has 3 unspecified atom stereocenters. The molecule has 0 saturated carbocycles. The van der Waals surface area contributed by atoms with Gasteiger partial charge in [-0.05, 0) is 19.4 Å². The van der Waals surface area contributed by atoms with E-state index in [0.717, 1.165) is 5.56 Å². The van der Waals surface area contributed by atoms with E-state index in [1.807, 2.05) is 37.3 Å². The molecular formula is C16H23ClN4O2. The molecule has 1 heterocycles. The fraction of sp³-hybridized carbons (Fsp3) is 0.438. The summed E-state index contributed by atoms with van der Waals surface area (Å²) in [7, 11) is 0. The summed E-state index contributed by atoms with van der Waals surface area (Å²) >= 11 is 0. The van der Waals surface area contributed by atoms with Crippen LogP contribution in [0.1, 0.15) is 44.1 Å². The van der Waals surface area contributed by atoms with Crippen molar-refractivity contribution < 1.29 is 9.32 Å². The van der Waals surface area contributed by atoms with Gasteiger partial charge in [0.15, 0.2) is 5.82 Å². The van der Waals surface area contributed by atoms with E-state index in [0.29, 0.717) is 18.1 Å². The first kappa shape index (κ1) is 19.1. The van der Waals surface area contributed by atoms with Crippen molar-refractivity contribution in [3.8, 4) is 0 Å². The maximum absolute atomic E-state index is 12.0. The first-order chi connectivity index (χ1) is 10.5. The van der Waals surface area contributed by atoms with E-state index in [1.165, 1.54) is 0 Å². The van der Waals surface area contributed by atoms with Gasteiger partial charge in [0.2, 0.25) is 11.8 Å². The number of nitrogens with two attached hydrogens (primary N) is 1. The van der Waals surface area contributed by atoms with Crippen molar-refractivity contribution in [2.75, 3.05) is 0 Å². The average molecular weight is 339 g/mol. The maximum Gasteiger partial charge on any atom is 0.248 e. The number of aromatic nitrogens is 2. The minimum atomic E-state index is -0.342. The van der Waals surface area contributed by atoms with Crippen LogP contribution in [0.15, 0.2) is 34.9 Å². The highest BCUT2D eigenvalue weighted by Crippen LogP contribution is 2.13. The zero-order valence-electron chi connectivity index (χ0n) is 13.5. The second-order valence-corrected chi connectivity index (χ2v) is 5.59. The lowest BCUT2D eigenvalue weighted by molar-refractivity contribution is -0.125. The summed E-state index contributed by atoms with van der Waals surface area (Å²) in [6.07, 6.45) is 0.598. The summed E-state index contributed by atoms with van der Waals surface area (Å²) in [6.45, 7) is 5.41. The van der Waals surface area contributed by atoms with E-state index >= 15 is 0 Å². The maximum atomic E-state index is 12.0. The zero-order chi connectivity index (χ0) is 16.1. The van der Waals surface area contributed by atoms with Gasteiger partial charge in [-0.15, -0.1) is 12.4 Å². The summed E-state index contributed by atoms with van der Waals surface area (Å²) in [6, 6.07) is 9.36. The number of benzene rings is 1. The van der Waals surface area contributed by atoms with Gasteiger partial charge >= 0.3 is 0 Å². The minimum Gasteiger partial charge on any atom is -0.344 e. The molecule has 0 aliphatic rings. The van der Waals surface area contributed by atoms with E-state index in [2.05, 4.69) is 15.5 Å². The highest BCUT2D eigenvalue weighted by molar-refractivity contribution is 5.85. The molecular weight excluding hydrogens is 316 g/mol. The van der Waals surface area contributed by atoms with Crippen LogP contribution in [-0.2, 0) is 11.2 Å². The van der Waals surface area contributed by atoms with Gasteiger partial charge in [0.1, 0.15) is 6.04 Å². The van der Waals surface area contributed by atoms with Gasteiger partial charge in [-0.25, -0.2) is 0 Å². The molecule has 23 heavy (non-hydrogen) atoms. The van der Waals surface area contributed by atoms with Crippen molar-refractivity contribution >= 4 is 18.3 Å². The molecule has 0 spiro atoms. The summed E-state index contributed by atoms with van der Waals surface area (Å²) in [5.74, 6) is 0.609. The molecule has 0 fully saturated rings. The highest BCUT2D eigenvalue weighted by Gasteiger charge is 2.22. The second-order valence-electron chi connectivity index (χ2n) is 5.59. The number of carbonyl (C=O) groups excluding carboxylic acids is 1. The van der Waals surface area contributed by atoms with Crippen molar-refractivity contribution in [2.45, 2.75) is 39.3 Å². The smallest absolute Gasteiger partial charge is 0.248 e. The Morgan fingerprint density at radius 3 is 2.52 bits per heavy atom. The number of nitrogens with zero attached hydrogens (tertiary/aromatic N) is 2. The summed E-state index contributed by atoms with van der Waals surface area (Å²) < 4.78 is 5.23. The molecule has 0 aliphatic carbocycles. The van der Waals surface area contributed by atoms with Gasteiger partial charge in [0, 0.05) is 18.4 Å². The van der Waals surface area contributed by atoms with Crippen LogP contribution in [0, 0.1) is 5.92 Å². The Kier molecular flexibility index (Phi) is 7.19. The Hall–Kier alpha value is -1.92. The van der Waals surface area contributed by atoms with Gasteiger partial charge in [-0.1, -0.05) is 42.4 Å². The van der Waals surface area contributed by atoms with E-state index in [-0.39, 0.29) is 36.3 Å². The molecule has 1 aromatic carbocycles. The average Bonchev–Trinajstić information content (AvgIpc) is 2.96. The largest absolute Gasteiger partial charge is 0.344 e. The molecule has 1 amide bonds. The predicted octanol–water partition coefficient (Wildman–Crippen LogP) is 2.24. The quantitative estimate of drug-likeness (QED) is 0.842. The van der Waals surface area contributed by atoms with Crippen LogP contribution in [0.3, 0.4) is 0 Å². The molecule has 6 nitrogen and oxygen atoms in total. The zero-order valence-corrected chi connectivity index (χ0v) is 14.3. The highest BCUT2D eigenvalue weighted by atomic mass is 35.5. The number of hydrogen-bond acceptors (Lipinski definition) is 5. The Morgan fingerprint density at radius 1 is 1.26 bits per heavy atom. The van der Waals surface area contributed by atoms with Crippen molar-refractivity contribution in [2.24, 2.45) is 11.7 Å². The minimum absolute atomic E-state index is 0. The molecule has 0 bridgehead atoms. The topological polar surface area (TPSA) is 94.0 Å². The molecule has 0 radical (unpaired) electrons.